The van der Waals surface area contributed by atoms with Crippen molar-refractivity contribution in [2.45, 2.75) is 20.3 Å². The number of nitrogens with zero attached hydrogens (tertiary/aromatic N) is 1. The van der Waals surface area contributed by atoms with Crippen molar-refractivity contribution < 1.29 is 14.3 Å². The van der Waals surface area contributed by atoms with E-state index in [4.69, 9.17) is 4.74 Å². The molecule has 0 radical (unpaired) electrons. The topological polar surface area (TPSA) is 68.3 Å². The highest BCUT2D eigenvalue weighted by molar-refractivity contribution is 7.22. The molecule has 0 saturated carbocycles. The van der Waals surface area contributed by atoms with E-state index in [1.807, 2.05) is 12.1 Å². The zero-order valence-electron chi connectivity index (χ0n) is 13.3. The lowest BCUT2D eigenvalue weighted by Gasteiger charge is -2.04. The lowest BCUT2D eigenvalue weighted by molar-refractivity contribution is -0.131. The average Bonchev–Trinajstić information content (AvgIpc) is 2.95. The number of ether oxygens (including phenoxy) is 1. The Morgan fingerprint density at radius 3 is 2.79 bits per heavy atom. The van der Waals surface area contributed by atoms with Gasteiger partial charge in [-0.05, 0) is 42.3 Å². The zero-order valence-corrected chi connectivity index (χ0v) is 14.1. The Kier molecular flexibility index (Phi) is 4.57. The molecule has 0 unspecified atom stereocenters. The molecule has 1 amide bonds. The number of thiazole rings is 1. The second-order valence-electron chi connectivity index (χ2n) is 5.25. The van der Waals surface area contributed by atoms with Gasteiger partial charge in [0.1, 0.15) is 5.75 Å². The van der Waals surface area contributed by atoms with Crippen LogP contribution >= 0.6 is 11.3 Å². The van der Waals surface area contributed by atoms with E-state index in [1.54, 1.807) is 18.2 Å². The molecule has 0 spiro atoms. The van der Waals surface area contributed by atoms with Gasteiger partial charge in [-0.25, -0.2) is 4.98 Å². The fourth-order valence-corrected chi connectivity index (χ4v) is 3.20. The number of fused-ring (bicyclic) bond motifs is 1. The molecule has 0 aliphatic heterocycles. The van der Waals surface area contributed by atoms with Crippen LogP contribution in [0.2, 0.25) is 0 Å². The van der Waals surface area contributed by atoms with Crippen LogP contribution in [-0.2, 0) is 11.2 Å². The predicted molar refractivity (Wildman–Crippen MR) is 94.7 cm³/mol. The third-order valence-electron chi connectivity index (χ3n) is 3.44. The molecule has 0 bridgehead atoms. The Hall–Kier alpha value is -2.73. The van der Waals surface area contributed by atoms with Crippen molar-refractivity contribution in [1.29, 1.82) is 0 Å². The van der Waals surface area contributed by atoms with Crippen molar-refractivity contribution in [2.24, 2.45) is 0 Å². The van der Waals surface area contributed by atoms with Crippen LogP contribution in [0.1, 0.15) is 29.8 Å². The first-order chi connectivity index (χ1) is 11.5. The molecule has 1 aromatic heterocycles. The molecule has 3 rings (SSSR count). The standard InChI is InChI=1S/C18H16N2O3S/c1-3-12-7-8-15-16(9-12)24-18(19-15)20-17(22)13-5-4-6-14(10-13)23-11(2)21/h4-10H,3H2,1-2H3,(H,19,20,22). The van der Waals surface area contributed by atoms with E-state index in [0.29, 0.717) is 16.4 Å². The van der Waals surface area contributed by atoms with E-state index in [9.17, 15) is 9.59 Å². The maximum Gasteiger partial charge on any atom is 0.308 e. The number of hydrogen-bond acceptors (Lipinski definition) is 5. The lowest BCUT2D eigenvalue weighted by Crippen LogP contribution is -2.12. The number of amides is 1. The van der Waals surface area contributed by atoms with Crippen LogP contribution in [0.15, 0.2) is 42.5 Å². The van der Waals surface area contributed by atoms with Gasteiger partial charge in [-0.3, -0.25) is 14.9 Å². The van der Waals surface area contributed by atoms with Gasteiger partial charge in [-0.2, -0.15) is 0 Å². The fraction of sp³-hybridized carbons (Fsp3) is 0.167. The molecular weight excluding hydrogens is 324 g/mol. The van der Waals surface area contributed by atoms with Gasteiger partial charge in [0.05, 0.1) is 10.2 Å². The molecular formula is C18H16N2O3S. The largest absolute Gasteiger partial charge is 0.427 e. The smallest absolute Gasteiger partial charge is 0.308 e. The lowest BCUT2D eigenvalue weighted by atomic mass is 10.2. The van der Waals surface area contributed by atoms with Crippen LogP contribution in [-0.4, -0.2) is 16.9 Å². The van der Waals surface area contributed by atoms with E-state index in [1.165, 1.54) is 29.9 Å². The number of hydrogen-bond donors (Lipinski definition) is 1. The van der Waals surface area contributed by atoms with E-state index in [-0.39, 0.29) is 5.91 Å². The first-order valence-electron chi connectivity index (χ1n) is 7.54. The molecule has 0 saturated heterocycles. The van der Waals surface area contributed by atoms with Crippen LogP contribution in [0, 0.1) is 0 Å². The van der Waals surface area contributed by atoms with E-state index >= 15 is 0 Å². The Morgan fingerprint density at radius 1 is 1.21 bits per heavy atom. The van der Waals surface area contributed by atoms with Crippen LogP contribution < -0.4 is 10.1 Å². The molecule has 122 valence electrons. The minimum atomic E-state index is -0.426. The summed E-state index contributed by atoms with van der Waals surface area (Å²) in [5.41, 5.74) is 2.50. The van der Waals surface area contributed by atoms with Gasteiger partial charge in [0.2, 0.25) is 0 Å². The van der Waals surface area contributed by atoms with Gasteiger partial charge in [0, 0.05) is 12.5 Å². The van der Waals surface area contributed by atoms with Crippen molar-refractivity contribution in [2.75, 3.05) is 5.32 Å². The molecule has 2 aromatic carbocycles. The normalized spacial score (nSPS) is 10.6. The van der Waals surface area contributed by atoms with Gasteiger partial charge in [0.15, 0.2) is 5.13 Å². The number of aryl methyl sites for hydroxylation is 1. The number of anilines is 1. The van der Waals surface area contributed by atoms with Crippen LogP contribution in [0.25, 0.3) is 10.2 Å². The summed E-state index contributed by atoms with van der Waals surface area (Å²) in [7, 11) is 0. The Bertz CT molecular complexity index is 918. The third kappa shape index (κ3) is 3.60. The van der Waals surface area contributed by atoms with Crippen molar-refractivity contribution in [1.82, 2.24) is 4.98 Å². The summed E-state index contributed by atoms with van der Waals surface area (Å²) >= 11 is 1.44. The number of carbonyl (C=O) groups excluding carboxylic acids is 2. The highest BCUT2D eigenvalue weighted by Crippen LogP contribution is 2.27. The summed E-state index contributed by atoms with van der Waals surface area (Å²) < 4.78 is 6.04. The minimum Gasteiger partial charge on any atom is -0.427 e. The number of nitrogens with one attached hydrogen (secondary N) is 1. The first kappa shape index (κ1) is 16.1. The van der Waals surface area contributed by atoms with Gasteiger partial charge < -0.3 is 4.74 Å². The molecule has 24 heavy (non-hydrogen) atoms. The van der Waals surface area contributed by atoms with Crippen molar-refractivity contribution in [3.63, 3.8) is 0 Å². The molecule has 0 atom stereocenters. The SMILES string of the molecule is CCc1ccc2nc(NC(=O)c3cccc(OC(C)=O)c3)sc2c1. The molecule has 1 N–H and O–H groups in total. The second-order valence-corrected chi connectivity index (χ2v) is 6.28. The van der Waals surface area contributed by atoms with Crippen LogP contribution in [0.4, 0.5) is 5.13 Å². The summed E-state index contributed by atoms with van der Waals surface area (Å²) in [4.78, 5) is 27.8. The van der Waals surface area contributed by atoms with E-state index in [0.717, 1.165) is 16.6 Å². The maximum absolute atomic E-state index is 12.4. The maximum atomic E-state index is 12.4. The number of aromatic nitrogens is 1. The predicted octanol–water partition coefficient (Wildman–Crippen LogP) is 4.04. The van der Waals surface area contributed by atoms with Gasteiger partial charge in [-0.1, -0.05) is 30.4 Å². The monoisotopic (exact) mass is 340 g/mol. The van der Waals surface area contributed by atoms with Gasteiger partial charge in [-0.15, -0.1) is 0 Å². The quantitative estimate of drug-likeness (QED) is 0.575. The fourth-order valence-electron chi connectivity index (χ4n) is 2.28. The summed E-state index contributed by atoms with van der Waals surface area (Å²) in [5, 5.41) is 3.34. The van der Waals surface area contributed by atoms with E-state index < -0.39 is 5.97 Å². The first-order valence-corrected chi connectivity index (χ1v) is 8.36. The second kappa shape index (κ2) is 6.80. The molecule has 5 nitrogen and oxygen atoms in total. The van der Waals surface area contributed by atoms with Crippen LogP contribution in [0.3, 0.4) is 0 Å². The molecule has 6 heteroatoms. The van der Waals surface area contributed by atoms with Crippen molar-refractivity contribution in [3.8, 4) is 5.75 Å². The molecule has 0 aliphatic carbocycles. The summed E-state index contributed by atoms with van der Waals surface area (Å²) in [6.07, 6.45) is 0.957. The number of benzene rings is 2. The molecule has 3 aromatic rings. The summed E-state index contributed by atoms with van der Waals surface area (Å²) in [5.74, 6) is -0.378. The van der Waals surface area contributed by atoms with Crippen molar-refractivity contribution >= 4 is 38.6 Å². The summed E-state index contributed by atoms with van der Waals surface area (Å²) in [6.45, 7) is 3.42. The molecule has 0 fully saturated rings. The van der Waals surface area contributed by atoms with Crippen LogP contribution in [0.5, 0.6) is 5.75 Å². The highest BCUT2D eigenvalue weighted by Gasteiger charge is 2.11. The number of rotatable bonds is 4. The zero-order chi connectivity index (χ0) is 17.1. The Balaban J connectivity index is 1.80. The van der Waals surface area contributed by atoms with Gasteiger partial charge >= 0.3 is 5.97 Å². The molecule has 0 aliphatic rings. The highest BCUT2D eigenvalue weighted by atomic mass is 32.1. The van der Waals surface area contributed by atoms with E-state index in [2.05, 4.69) is 23.3 Å². The molecule has 1 heterocycles. The summed E-state index contributed by atoms with van der Waals surface area (Å²) in [6, 6.07) is 12.6. The third-order valence-corrected chi connectivity index (χ3v) is 4.37. The van der Waals surface area contributed by atoms with Crippen molar-refractivity contribution in [3.05, 3.63) is 53.6 Å². The Labute approximate surface area is 143 Å². The minimum absolute atomic E-state index is 0.293. The number of esters is 1. The Morgan fingerprint density at radius 2 is 2.04 bits per heavy atom. The number of carbonyl (C=O) groups is 2. The van der Waals surface area contributed by atoms with Gasteiger partial charge in [0.25, 0.3) is 5.91 Å². The average molecular weight is 340 g/mol.